The van der Waals surface area contributed by atoms with Crippen molar-refractivity contribution in [2.24, 2.45) is 10.8 Å². The summed E-state index contributed by atoms with van der Waals surface area (Å²) in [5.74, 6) is -0.0302. The van der Waals surface area contributed by atoms with Gasteiger partial charge in [-0.1, -0.05) is 32.9 Å². The zero-order valence-corrected chi connectivity index (χ0v) is 21.0. The van der Waals surface area contributed by atoms with Crippen molar-refractivity contribution in [1.29, 1.82) is 0 Å². The van der Waals surface area contributed by atoms with E-state index in [4.69, 9.17) is 5.10 Å². The predicted molar refractivity (Wildman–Crippen MR) is 136 cm³/mol. The molecule has 1 saturated heterocycles. The van der Waals surface area contributed by atoms with Gasteiger partial charge in [-0.3, -0.25) is 14.9 Å². The van der Waals surface area contributed by atoms with Gasteiger partial charge in [0, 0.05) is 30.3 Å². The van der Waals surface area contributed by atoms with Crippen molar-refractivity contribution in [1.82, 2.24) is 14.7 Å². The van der Waals surface area contributed by atoms with Gasteiger partial charge in [0.25, 0.3) is 11.6 Å². The van der Waals surface area contributed by atoms with Crippen molar-refractivity contribution in [2.75, 3.05) is 6.54 Å². The average Bonchev–Trinajstić information content (AvgIpc) is 3.33. The van der Waals surface area contributed by atoms with Crippen molar-refractivity contribution in [3.63, 3.8) is 0 Å². The van der Waals surface area contributed by atoms with Crippen LogP contribution in [0.1, 0.15) is 61.6 Å². The molecule has 2 aliphatic rings. The Morgan fingerprint density at radius 3 is 2.40 bits per heavy atom. The standard InChI is InChI=1S/C28H32N4O3/c1-18-6-7-20(12-19(18)2)24-13-25(31(29-24)21-8-10-22(11-9-21)32(34)35)26(33)30-17-28(5)15-23(30)14-27(3,4)16-28/h6-13,23H,14-17H2,1-5H3. The first-order valence-electron chi connectivity index (χ1n) is 12.2. The molecule has 5 rings (SSSR count). The Morgan fingerprint density at radius 2 is 1.74 bits per heavy atom. The zero-order chi connectivity index (χ0) is 25.1. The van der Waals surface area contributed by atoms with Crippen molar-refractivity contribution >= 4 is 11.6 Å². The van der Waals surface area contributed by atoms with Crippen LogP contribution < -0.4 is 0 Å². The number of likely N-dealkylation sites (tertiary alicyclic amines) is 1. The molecule has 2 heterocycles. The van der Waals surface area contributed by atoms with E-state index in [1.807, 2.05) is 17.0 Å². The molecular formula is C28H32N4O3. The number of carbonyl (C=O) groups is 1. The second kappa shape index (κ2) is 8.04. The Hall–Kier alpha value is -3.48. The first-order valence-corrected chi connectivity index (χ1v) is 12.2. The molecule has 1 amide bonds. The normalized spacial score (nSPS) is 22.9. The fourth-order valence-electron chi connectivity index (χ4n) is 6.33. The van der Waals surface area contributed by atoms with Crippen LogP contribution >= 0.6 is 0 Å². The minimum absolute atomic E-state index is 0.00617. The lowest BCUT2D eigenvalue weighted by molar-refractivity contribution is -0.384. The molecule has 35 heavy (non-hydrogen) atoms. The van der Waals surface area contributed by atoms with Crippen molar-refractivity contribution in [3.8, 4) is 16.9 Å². The summed E-state index contributed by atoms with van der Waals surface area (Å²) >= 11 is 0. The van der Waals surface area contributed by atoms with Crippen LogP contribution in [0.15, 0.2) is 48.5 Å². The third-order valence-electron chi connectivity index (χ3n) is 7.71. The zero-order valence-electron chi connectivity index (χ0n) is 21.0. The minimum Gasteiger partial charge on any atom is -0.334 e. The minimum atomic E-state index is -0.424. The van der Waals surface area contributed by atoms with Gasteiger partial charge in [-0.05, 0) is 79.3 Å². The summed E-state index contributed by atoms with van der Waals surface area (Å²) < 4.78 is 1.65. The fourth-order valence-corrected chi connectivity index (χ4v) is 6.33. The average molecular weight is 473 g/mol. The van der Waals surface area contributed by atoms with Crippen LogP contribution in [0.3, 0.4) is 0 Å². The van der Waals surface area contributed by atoms with Gasteiger partial charge < -0.3 is 4.90 Å². The summed E-state index contributed by atoms with van der Waals surface area (Å²) in [6.07, 6.45) is 3.12. The van der Waals surface area contributed by atoms with Gasteiger partial charge in [-0.2, -0.15) is 5.10 Å². The van der Waals surface area contributed by atoms with Gasteiger partial charge in [0.15, 0.2) is 0 Å². The van der Waals surface area contributed by atoms with E-state index in [1.165, 1.54) is 17.7 Å². The molecule has 7 nitrogen and oxygen atoms in total. The van der Waals surface area contributed by atoms with E-state index in [2.05, 4.69) is 46.8 Å². The molecule has 2 unspecified atom stereocenters. The van der Waals surface area contributed by atoms with E-state index < -0.39 is 4.92 Å². The number of hydrogen-bond donors (Lipinski definition) is 0. The van der Waals surface area contributed by atoms with Gasteiger partial charge in [-0.15, -0.1) is 0 Å². The maximum atomic E-state index is 14.0. The van der Waals surface area contributed by atoms with Crippen molar-refractivity contribution in [3.05, 3.63) is 75.5 Å². The van der Waals surface area contributed by atoms with Crippen LogP contribution in [0.2, 0.25) is 0 Å². The lowest BCUT2D eigenvalue weighted by Gasteiger charge is -2.39. The highest BCUT2D eigenvalue weighted by atomic mass is 16.6. The molecule has 3 aromatic rings. The molecule has 182 valence electrons. The molecule has 0 N–H and O–H groups in total. The molecule has 1 aromatic heterocycles. The van der Waals surface area contributed by atoms with Crippen LogP contribution in [0.4, 0.5) is 5.69 Å². The lowest BCUT2D eigenvalue weighted by atomic mass is 9.65. The van der Waals surface area contributed by atoms with Gasteiger partial charge in [0.2, 0.25) is 0 Å². The highest BCUT2D eigenvalue weighted by Gasteiger charge is 2.51. The predicted octanol–water partition coefficient (Wildman–Crippen LogP) is 6.11. The summed E-state index contributed by atoms with van der Waals surface area (Å²) in [5, 5.41) is 16.0. The van der Waals surface area contributed by atoms with Crippen molar-refractivity contribution < 1.29 is 9.72 Å². The van der Waals surface area contributed by atoms with Gasteiger partial charge in [0.1, 0.15) is 5.69 Å². The molecule has 2 fully saturated rings. The number of non-ortho nitro benzene ring substituents is 1. The van der Waals surface area contributed by atoms with E-state index in [1.54, 1.807) is 16.8 Å². The molecular weight excluding hydrogens is 440 g/mol. The van der Waals surface area contributed by atoms with E-state index in [9.17, 15) is 14.9 Å². The topological polar surface area (TPSA) is 81.3 Å². The molecule has 7 heteroatoms. The monoisotopic (exact) mass is 472 g/mol. The number of hydrogen-bond acceptors (Lipinski definition) is 4. The summed E-state index contributed by atoms with van der Waals surface area (Å²) in [6.45, 7) is 11.8. The molecule has 1 aliphatic carbocycles. The highest BCUT2D eigenvalue weighted by Crippen LogP contribution is 2.52. The Morgan fingerprint density at radius 1 is 1.03 bits per heavy atom. The number of nitro benzene ring substituents is 1. The number of benzene rings is 2. The molecule has 0 spiro atoms. The number of aryl methyl sites for hydroxylation is 2. The van der Waals surface area contributed by atoms with Gasteiger partial charge >= 0.3 is 0 Å². The first kappa shape index (κ1) is 23.3. The SMILES string of the molecule is Cc1ccc(-c2cc(C(=O)N3CC4(C)CC3CC(C)(C)C4)n(-c3ccc([N+](=O)[O-])cc3)n2)cc1C. The number of carbonyl (C=O) groups excluding carboxylic acids is 1. The fraction of sp³-hybridized carbons (Fsp3) is 0.429. The summed E-state index contributed by atoms with van der Waals surface area (Å²) in [7, 11) is 0. The third-order valence-corrected chi connectivity index (χ3v) is 7.71. The summed E-state index contributed by atoms with van der Waals surface area (Å²) in [5.41, 5.74) is 5.45. The molecule has 1 aliphatic heterocycles. The smallest absolute Gasteiger partial charge is 0.272 e. The largest absolute Gasteiger partial charge is 0.334 e. The summed E-state index contributed by atoms with van der Waals surface area (Å²) in [4.78, 5) is 26.8. The second-order valence-corrected chi connectivity index (χ2v) is 11.5. The maximum absolute atomic E-state index is 14.0. The molecule has 2 atom stereocenters. The number of amides is 1. The van der Waals surface area contributed by atoms with Crippen LogP contribution in [0.25, 0.3) is 16.9 Å². The second-order valence-electron chi connectivity index (χ2n) is 11.5. The Labute approximate surface area is 205 Å². The Kier molecular flexibility index (Phi) is 5.34. The Balaban J connectivity index is 1.58. The maximum Gasteiger partial charge on any atom is 0.272 e. The van der Waals surface area contributed by atoms with E-state index in [-0.39, 0.29) is 28.5 Å². The van der Waals surface area contributed by atoms with Crippen LogP contribution in [-0.4, -0.2) is 38.1 Å². The van der Waals surface area contributed by atoms with Gasteiger partial charge in [0.05, 0.1) is 16.3 Å². The number of fused-ring (bicyclic) bond motifs is 2. The molecule has 2 aromatic carbocycles. The van der Waals surface area contributed by atoms with E-state index >= 15 is 0 Å². The van der Waals surface area contributed by atoms with Crippen LogP contribution in [0.5, 0.6) is 0 Å². The quantitative estimate of drug-likeness (QED) is 0.339. The number of nitro groups is 1. The van der Waals surface area contributed by atoms with Crippen molar-refractivity contribution in [2.45, 2.75) is 59.9 Å². The molecule has 1 saturated carbocycles. The molecule has 0 radical (unpaired) electrons. The Bertz CT molecular complexity index is 1320. The first-order chi connectivity index (χ1) is 16.4. The lowest BCUT2D eigenvalue weighted by Crippen LogP contribution is -2.38. The van der Waals surface area contributed by atoms with Crippen LogP contribution in [0, 0.1) is 34.8 Å². The number of aromatic nitrogens is 2. The summed E-state index contributed by atoms with van der Waals surface area (Å²) in [6, 6.07) is 14.4. The number of nitrogens with zero attached hydrogens (tertiary/aromatic N) is 4. The molecule has 2 bridgehead atoms. The van der Waals surface area contributed by atoms with E-state index in [0.29, 0.717) is 17.1 Å². The van der Waals surface area contributed by atoms with Gasteiger partial charge in [-0.25, -0.2) is 4.68 Å². The van der Waals surface area contributed by atoms with Crippen LogP contribution in [-0.2, 0) is 0 Å². The van der Waals surface area contributed by atoms with E-state index in [0.717, 1.165) is 36.9 Å². The number of rotatable bonds is 4. The third kappa shape index (κ3) is 4.24. The highest BCUT2D eigenvalue weighted by molar-refractivity contribution is 5.95.